The van der Waals surface area contributed by atoms with Crippen molar-refractivity contribution in [2.45, 2.75) is 25.8 Å². The fourth-order valence-electron chi connectivity index (χ4n) is 1.16. The molecule has 72 valence electrons. The molecule has 0 aliphatic rings. The molecule has 0 saturated carbocycles. The summed E-state index contributed by atoms with van der Waals surface area (Å²) in [6.07, 6.45) is 0.803. The number of nitrogens with two attached hydrogens (primary N) is 1. The van der Waals surface area contributed by atoms with E-state index >= 15 is 0 Å². The third-order valence-electron chi connectivity index (χ3n) is 2.30. The van der Waals surface area contributed by atoms with Crippen LogP contribution >= 0.6 is 11.6 Å². The number of benzene rings is 1. The summed E-state index contributed by atoms with van der Waals surface area (Å²) in [5.74, 6) is 0.167. The van der Waals surface area contributed by atoms with Crippen molar-refractivity contribution in [3.8, 4) is 5.75 Å². The Morgan fingerprint density at radius 1 is 1.54 bits per heavy atom. The highest BCUT2D eigenvalue weighted by molar-refractivity contribution is 6.31. The van der Waals surface area contributed by atoms with Crippen molar-refractivity contribution in [1.82, 2.24) is 0 Å². The van der Waals surface area contributed by atoms with Crippen LogP contribution in [0.4, 0.5) is 0 Å². The van der Waals surface area contributed by atoms with E-state index in [9.17, 15) is 0 Å². The molecule has 0 fully saturated rings. The van der Waals surface area contributed by atoms with Gasteiger partial charge >= 0.3 is 0 Å². The van der Waals surface area contributed by atoms with Gasteiger partial charge in [-0.1, -0.05) is 24.6 Å². The van der Waals surface area contributed by atoms with Gasteiger partial charge in [-0.25, -0.2) is 0 Å². The quantitative estimate of drug-likeness (QED) is 0.769. The first-order chi connectivity index (χ1) is 5.97. The summed E-state index contributed by atoms with van der Waals surface area (Å²) in [5, 5.41) is 9.67. The minimum Gasteiger partial charge on any atom is -0.508 e. The van der Waals surface area contributed by atoms with Crippen LogP contribution < -0.4 is 5.73 Å². The van der Waals surface area contributed by atoms with Gasteiger partial charge in [-0.2, -0.15) is 0 Å². The predicted octanol–water partition coefficient (Wildman–Crippen LogP) is 2.63. The SMILES string of the molecule is CCC(C)(N)c1ccc(O)cc1Cl. The summed E-state index contributed by atoms with van der Waals surface area (Å²) in [4.78, 5) is 0. The lowest BCUT2D eigenvalue weighted by atomic mass is 9.90. The highest BCUT2D eigenvalue weighted by Gasteiger charge is 2.21. The lowest BCUT2D eigenvalue weighted by Gasteiger charge is -2.24. The molecule has 0 aromatic heterocycles. The molecule has 0 radical (unpaired) electrons. The normalized spacial score (nSPS) is 15.4. The first kappa shape index (κ1) is 10.4. The van der Waals surface area contributed by atoms with Crippen LogP contribution in [-0.2, 0) is 5.54 Å². The molecule has 0 aliphatic carbocycles. The van der Waals surface area contributed by atoms with Crippen LogP contribution in [0.1, 0.15) is 25.8 Å². The molecule has 0 heterocycles. The number of phenols is 1. The van der Waals surface area contributed by atoms with Crippen molar-refractivity contribution in [2.24, 2.45) is 5.73 Å². The van der Waals surface area contributed by atoms with Gasteiger partial charge in [0.1, 0.15) is 5.75 Å². The zero-order chi connectivity index (χ0) is 10.1. The molecule has 3 heteroatoms. The third kappa shape index (κ3) is 2.14. The predicted molar refractivity (Wildman–Crippen MR) is 54.9 cm³/mol. The molecule has 1 unspecified atom stereocenters. The summed E-state index contributed by atoms with van der Waals surface area (Å²) >= 11 is 5.95. The summed E-state index contributed by atoms with van der Waals surface area (Å²) in [6.45, 7) is 3.93. The van der Waals surface area contributed by atoms with Crippen LogP contribution in [0.25, 0.3) is 0 Å². The first-order valence-electron chi connectivity index (χ1n) is 4.25. The van der Waals surface area contributed by atoms with Crippen molar-refractivity contribution >= 4 is 11.6 Å². The standard InChI is InChI=1S/C10H14ClNO/c1-3-10(2,12)8-5-4-7(13)6-9(8)11/h4-6,13H,3,12H2,1-2H3. The van der Waals surface area contributed by atoms with Gasteiger partial charge in [0.05, 0.1) is 0 Å². The second-order valence-corrected chi connectivity index (χ2v) is 3.84. The molecular formula is C10H14ClNO. The van der Waals surface area contributed by atoms with Gasteiger partial charge in [0.2, 0.25) is 0 Å². The summed E-state index contributed by atoms with van der Waals surface area (Å²) < 4.78 is 0. The molecule has 3 N–H and O–H groups in total. The Balaban J connectivity index is 3.16. The van der Waals surface area contributed by atoms with E-state index in [0.29, 0.717) is 5.02 Å². The number of rotatable bonds is 2. The number of halogens is 1. The first-order valence-corrected chi connectivity index (χ1v) is 4.63. The van der Waals surface area contributed by atoms with E-state index in [1.54, 1.807) is 12.1 Å². The minimum absolute atomic E-state index is 0.167. The summed E-state index contributed by atoms with van der Waals surface area (Å²) in [7, 11) is 0. The van der Waals surface area contributed by atoms with Crippen molar-refractivity contribution in [3.63, 3.8) is 0 Å². The third-order valence-corrected chi connectivity index (χ3v) is 2.62. The molecular weight excluding hydrogens is 186 g/mol. The lowest BCUT2D eigenvalue weighted by Crippen LogP contribution is -2.32. The Labute approximate surface area is 83.3 Å². The molecule has 0 spiro atoms. The van der Waals surface area contributed by atoms with Crippen molar-refractivity contribution < 1.29 is 5.11 Å². The molecule has 0 bridgehead atoms. The van der Waals surface area contributed by atoms with Crippen LogP contribution in [0.2, 0.25) is 5.02 Å². The maximum Gasteiger partial charge on any atom is 0.117 e. The van der Waals surface area contributed by atoms with Crippen LogP contribution in [0, 0.1) is 0 Å². The Hall–Kier alpha value is -0.730. The highest BCUT2D eigenvalue weighted by atomic mass is 35.5. The Kier molecular flexibility index (Phi) is 2.84. The molecule has 1 aromatic carbocycles. The molecule has 0 saturated heterocycles. The average molecular weight is 200 g/mol. The zero-order valence-electron chi connectivity index (χ0n) is 7.84. The van der Waals surface area contributed by atoms with Crippen molar-refractivity contribution in [1.29, 1.82) is 0 Å². The van der Waals surface area contributed by atoms with E-state index in [-0.39, 0.29) is 5.75 Å². The van der Waals surface area contributed by atoms with Gasteiger partial charge in [-0.05, 0) is 31.0 Å². The number of hydrogen-bond donors (Lipinski definition) is 2. The van der Waals surface area contributed by atoms with E-state index in [1.807, 2.05) is 13.8 Å². The van der Waals surface area contributed by atoms with Gasteiger partial charge in [0, 0.05) is 10.6 Å². The number of phenolic OH excluding ortho intramolecular Hbond substituents is 1. The summed E-state index contributed by atoms with van der Waals surface area (Å²) in [5.41, 5.74) is 6.47. The van der Waals surface area contributed by atoms with Crippen LogP contribution in [-0.4, -0.2) is 5.11 Å². The molecule has 13 heavy (non-hydrogen) atoms. The Bertz CT molecular complexity index is 310. The second kappa shape index (κ2) is 3.56. The largest absolute Gasteiger partial charge is 0.508 e. The monoisotopic (exact) mass is 199 g/mol. The van der Waals surface area contributed by atoms with Gasteiger partial charge < -0.3 is 10.8 Å². The van der Waals surface area contributed by atoms with Crippen LogP contribution in [0.15, 0.2) is 18.2 Å². The minimum atomic E-state index is -0.426. The lowest BCUT2D eigenvalue weighted by molar-refractivity contribution is 0.464. The van der Waals surface area contributed by atoms with Crippen LogP contribution in [0.5, 0.6) is 5.75 Å². The zero-order valence-corrected chi connectivity index (χ0v) is 8.60. The van der Waals surface area contributed by atoms with E-state index in [4.69, 9.17) is 22.4 Å². The molecule has 1 atom stereocenters. The number of hydrogen-bond acceptors (Lipinski definition) is 2. The second-order valence-electron chi connectivity index (χ2n) is 3.44. The fraction of sp³-hybridized carbons (Fsp3) is 0.400. The van der Waals surface area contributed by atoms with Gasteiger partial charge in [-0.3, -0.25) is 0 Å². The maximum atomic E-state index is 9.15. The van der Waals surface area contributed by atoms with Crippen molar-refractivity contribution in [3.05, 3.63) is 28.8 Å². The molecule has 1 aromatic rings. The van der Waals surface area contributed by atoms with E-state index < -0.39 is 5.54 Å². The Morgan fingerprint density at radius 2 is 2.15 bits per heavy atom. The van der Waals surface area contributed by atoms with Crippen molar-refractivity contribution in [2.75, 3.05) is 0 Å². The molecule has 2 nitrogen and oxygen atoms in total. The van der Waals surface area contributed by atoms with E-state index in [0.717, 1.165) is 12.0 Å². The summed E-state index contributed by atoms with van der Waals surface area (Å²) in [6, 6.07) is 4.88. The highest BCUT2D eigenvalue weighted by Crippen LogP contribution is 2.30. The molecule has 1 rings (SSSR count). The van der Waals surface area contributed by atoms with Gasteiger partial charge in [0.15, 0.2) is 0 Å². The molecule has 0 amide bonds. The van der Waals surface area contributed by atoms with Gasteiger partial charge in [0.25, 0.3) is 0 Å². The fourth-order valence-corrected chi connectivity index (χ4v) is 1.55. The smallest absolute Gasteiger partial charge is 0.117 e. The number of aromatic hydroxyl groups is 1. The average Bonchev–Trinajstić information content (AvgIpc) is 2.03. The van der Waals surface area contributed by atoms with Crippen LogP contribution in [0.3, 0.4) is 0 Å². The Morgan fingerprint density at radius 3 is 2.62 bits per heavy atom. The van der Waals surface area contributed by atoms with E-state index in [1.165, 1.54) is 6.07 Å². The van der Waals surface area contributed by atoms with Gasteiger partial charge in [-0.15, -0.1) is 0 Å². The topological polar surface area (TPSA) is 46.2 Å². The maximum absolute atomic E-state index is 9.15. The molecule has 0 aliphatic heterocycles. The van der Waals surface area contributed by atoms with E-state index in [2.05, 4.69) is 0 Å².